The number of piperidine rings is 1. The lowest BCUT2D eigenvalue weighted by Crippen LogP contribution is -2.31. The molecule has 0 unspecified atom stereocenters. The first kappa shape index (κ1) is 23.3. The second-order valence-electron chi connectivity index (χ2n) is 9.11. The molecule has 3 N–H and O–H groups in total. The summed E-state index contributed by atoms with van der Waals surface area (Å²) in [7, 11) is 2.15. The smallest absolute Gasteiger partial charge is 0.248 e. The average Bonchev–Trinajstić information content (AvgIpc) is 3.28. The highest BCUT2D eigenvalue weighted by atomic mass is 35.5. The number of rotatable bonds is 7. The van der Waals surface area contributed by atoms with Gasteiger partial charge in [0, 0.05) is 23.6 Å². The molecular weight excluding hydrogens is 464 g/mol. The van der Waals surface area contributed by atoms with Gasteiger partial charge in [0.1, 0.15) is 5.02 Å². The zero-order chi connectivity index (χ0) is 24.2. The van der Waals surface area contributed by atoms with Crippen LogP contribution in [0.4, 0.5) is 28.8 Å². The number of carbonyl (C=O) groups excluding carboxylic acids is 1. The average molecular weight is 493 g/mol. The summed E-state index contributed by atoms with van der Waals surface area (Å²) in [5, 5.41) is 14.3. The monoisotopic (exact) mass is 492 g/mol. The fraction of sp³-hybridized carbons (Fsp3) is 0.360. The minimum Gasteiger partial charge on any atom is -0.339 e. The van der Waals surface area contributed by atoms with Gasteiger partial charge in [0.25, 0.3) is 0 Å². The Labute approximate surface area is 209 Å². The number of amides is 1. The summed E-state index contributed by atoms with van der Waals surface area (Å²) in [4.78, 5) is 23.4. The number of aromatic nitrogens is 4. The Morgan fingerprint density at radius 1 is 1.11 bits per heavy atom. The van der Waals surface area contributed by atoms with Crippen molar-refractivity contribution in [3.05, 3.63) is 59.5 Å². The van der Waals surface area contributed by atoms with E-state index in [-0.39, 0.29) is 5.91 Å². The summed E-state index contributed by atoms with van der Waals surface area (Å²) < 4.78 is 2.02. The molecule has 35 heavy (non-hydrogen) atoms. The number of allylic oxidation sites excluding steroid dienone is 1. The van der Waals surface area contributed by atoms with E-state index in [4.69, 9.17) is 11.6 Å². The van der Waals surface area contributed by atoms with Gasteiger partial charge in [-0.25, -0.2) is 4.98 Å². The molecule has 182 valence electrons. The Bertz CT molecular complexity index is 1230. The first-order chi connectivity index (χ1) is 17.0. The maximum Gasteiger partial charge on any atom is 0.248 e. The van der Waals surface area contributed by atoms with Crippen molar-refractivity contribution in [2.45, 2.75) is 38.1 Å². The number of benzene rings is 1. The number of nitrogens with zero attached hydrogens (tertiary/aromatic N) is 5. The predicted octanol–water partition coefficient (Wildman–Crippen LogP) is 5.13. The van der Waals surface area contributed by atoms with Gasteiger partial charge in [-0.2, -0.15) is 10.1 Å². The van der Waals surface area contributed by atoms with Crippen LogP contribution >= 0.6 is 11.6 Å². The van der Waals surface area contributed by atoms with Crippen molar-refractivity contribution < 1.29 is 4.79 Å². The van der Waals surface area contributed by atoms with Crippen LogP contribution in [0.5, 0.6) is 0 Å². The third-order valence-electron chi connectivity index (χ3n) is 6.39. The van der Waals surface area contributed by atoms with Gasteiger partial charge >= 0.3 is 0 Å². The largest absolute Gasteiger partial charge is 0.339 e. The zero-order valence-electron chi connectivity index (χ0n) is 19.7. The molecule has 0 radical (unpaired) electrons. The highest BCUT2D eigenvalue weighted by Gasteiger charge is 2.19. The van der Waals surface area contributed by atoms with Crippen LogP contribution in [0.25, 0.3) is 0 Å². The Balaban J connectivity index is 1.24. The van der Waals surface area contributed by atoms with Crippen molar-refractivity contribution in [3.63, 3.8) is 0 Å². The summed E-state index contributed by atoms with van der Waals surface area (Å²) in [5.41, 5.74) is 3.46. The Kier molecular flexibility index (Phi) is 6.96. The van der Waals surface area contributed by atoms with Crippen LogP contribution in [0.1, 0.15) is 38.1 Å². The fourth-order valence-electron chi connectivity index (χ4n) is 4.21. The lowest BCUT2D eigenvalue weighted by molar-refractivity contribution is -0.112. The third-order valence-corrected chi connectivity index (χ3v) is 6.66. The number of hydrogen-bond acceptors (Lipinski definition) is 7. The van der Waals surface area contributed by atoms with Crippen molar-refractivity contribution in [2.75, 3.05) is 36.1 Å². The molecule has 5 rings (SSSR count). The third kappa shape index (κ3) is 5.98. The van der Waals surface area contributed by atoms with Crippen LogP contribution in [0.2, 0.25) is 5.02 Å². The van der Waals surface area contributed by atoms with Crippen molar-refractivity contribution in [2.24, 2.45) is 0 Å². The summed E-state index contributed by atoms with van der Waals surface area (Å²) in [6.45, 7) is 2.15. The summed E-state index contributed by atoms with van der Waals surface area (Å²) >= 11 is 6.36. The number of likely N-dealkylation sites (tertiary alicyclic amines) is 1. The standard InChI is InChI=1S/C25H29ClN8O/c1-33-10-8-21(9-11-33)34-16-20(14-28-34)31-25-27-15-22(26)24(32-25)30-19-7-3-6-18(13-19)29-23(35)12-17-4-2-5-17/h3,6-7,12-16,21H,2,4-5,8-11H2,1H3,(H,29,35)(H2,27,30,31,32). The molecule has 2 aliphatic rings. The topological polar surface area (TPSA) is 100 Å². The van der Waals surface area contributed by atoms with Crippen LogP contribution in [0, 0.1) is 0 Å². The molecule has 0 spiro atoms. The van der Waals surface area contributed by atoms with E-state index in [1.807, 2.05) is 35.1 Å². The number of nitrogens with one attached hydrogen (secondary N) is 3. The Hall–Kier alpha value is -3.43. The van der Waals surface area contributed by atoms with E-state index in [9.17, 15) is 4.79 Å². The van der Waals surface area contributed by atoms with Gasteiger partial charge in [0.2, 0.25) is 11.9 Å². The van der Waals surface area contributed by atoms with E-state index >= 15 is 0 Å². The Morgan fingerprint density at radius 3 is 2.69 bits per heavy atom. The minimum absolute atomic E-state index is 0.107. The first-order valence-corrected chi connectivity index (χ1v) is 12.3. The van der Waals surface area contributed by atoms with Crippen molar-refractivity contribution in [1.29, 1.82) is 0 Å². The van der Waals surface area contributed by atoms with E-state index < -0.39 is 0 Å². The molecule has 1 saturated carbocycles. The maximum atomic E-state index is 12.2. The van der Waals surface area contributed by atoms with Gasteiger partial charge in [0.15, 0.2) is 5.82 Å². The molecule has 1 amide bonds. The van der Waals surface area contributed by atoms with Gasteiger partial charge in [-0.15, -0.1) is 0 Å². The molecule has 1 aliphatic carbocycles. The van der Waals surface area contributed by atoms with E-state index in [0.717, 1.165) is 56.6 Å². The SMILES string of the molecule is CN1CCC(n2cc(Nc3ncc(Cl)c(Nc4cccc(NC(=O)C=C5CCC5)c4)n3)cn2)CC1. The molecule has 0 atom stereocenters. The molecule has 1 aromatic carbocycles. The number of anilines is 5. The summed E-state index contributed by atoms with van der Waals surface area (Å²) in [6.07, 6.45) is 12.4. The number of carbonyl (C=O) groups is 1. The minimum atomic E-state index is -0.107. The molecular formula is C25H29ClN8O. The quantitative estimate of drug-likeness (QED) is 0.393. The van der Waals surface area contributed by atoms with Gasteiger partial charge in [-0.3, -0.25) is 9.48 Å². The molecule has 9 nitrogen and oxygen atoms in total. The summed E-state index contributed by atoms with van der Waals surface area (Å²) in [6, 6.07) is 7.84. The molecule has 1 aliphatic heterocycles. The number of halogens is 1. The van der Waals surface area contributed by atoms with Gasteiger partial charge in [-0.05, 0) is 70.4 Å². The van der Waals surface area contributed by atoms with Crippen LogP contribution in [-0.4, -0.2) is 50.7 Å². The van der Waals surface area contributed by atoms with Gasteiger partial charge in [-0.1, -0.05) is 23.2 Å². The van der Waals surface area contributed by atoms with Crippen LogP contribution < -0.4 is 16.0 Å². The van der Waals surface area contributed by atoms with E-state index in [1.165, 1.54) is 5.57 Å². The summed E-state index contributed by atoms with van der Waals surface area (Å²) in [5.74, 6) is 0.771. The van der Waals surface area contributed by atoms with Crippen molar-refractivity contribution in [3.8, 4) is 0 Å². The predicted molar refractivity (Wildman–Crippen MR) is 139 cm³/mol. The van der Waals surface area contributed by atoms with Crippen LogP contribution in [0.15, 0.2) is 54.5 Å². The first-order valence-electron chi connectivity index (χ1n) is 11.9. The highest BCUT2D eigenvalue weighted by molar-refractivity contribution is 6.32. The van der Waals surface area contributed by atoms with E-state index in [2.05, 4.69) is 43.0 Å². The van der Waals surface area contributed by atoms with E-state index in [1.54, 1.807) is 18.5 Å². The highest BCUT2D eigenvalue weighted by Crippen LogP contribution is 2.28. The molecule has 2 aromatic heterocycles. The molecule has 10 heteroatoms. The van der Waals surface area contributed by atoms with Crippen molar-refractivity contribution >= 4 is 46.3 Å². The number of hydrogen-bond donors (Lipinski definition) is 3. The lowest BCUT2D eigenvalue weighted by Gasteiger charge is -2.28. The maximum absolute atomic E-state index is 12.2. The van der Waals surface area contributed by atoms with E-state index in [0.29, 0.717) is 28.5 Å². The normalized spacial score (nSPS) is 16.5. The molecule has 3 heterocycles. The lowest BCUT2D eigenvalue weighted by atomic mass is 9.92. The molecule has 3 aromatic rings. The second kappa shape index (κ2) is 10.5. The zero-order valence-corrected chi connectivity index (χ0v) is 20.4. The molecule has 0 bridgehead atoms. The fourth-order valence-corrected chi connectivity index (χ4v) is 4.34. The Morgan fingerprint density at radius 2 is 1.91 bits per heavy atom. The second-order valence-corrected chi connectivity index (χ2v) is 9.52. The molecule has 2 fully saturated rings. The molecule has 1 saturated heterocycles. The van der Waals surface area contributed by atoms with Gasteiger partial charge in [0.05, 0.1) is 24.1 Å². The van der Waals surface area contributed by atoms with Gasteiger partial charge < -0.3 is 20.9 Å². The van der Waals surface area contributed by atoms with Crippen molar-refractivity contribution in [1.82, 2.24) is 24.6 Å². The van der Waals surface area contributed by atoms with Crippen LogP contribution in [0.3, 0.4) is 0 Å². The van der Waals surface area contributed by atoms with Crippen LogP contribution in [-0.2, 0) is 4.79 Å².